The molecule has 0 radical (unpaired) electrons. The number of anilines is 2. The van der Waals surface area contributed by atoms with E-state index in [2.05, 4.69) is 5.43 Å². The molecule has 2 aliphatic carbocycles. The number of halogens is 2. The van der Waals surface area contributed by atoms with Gasteiger partial charge in [0.25, 0.3) is 11.8 Å². The first kappa shape index (κ1) is 38.6. The van der Waals surface area contributed by atoms with Gasteiger partial charge in [-0.15, -0.1) is 0 Å². The number of phenols is 2. The molecule has 4 N–H and O–H groups in total. The molecule has 0 bridgehead atoms. The zero-order chi connectivity index (χ0) is 41.4. The Morgan fingerprint density at radius 3 is 2.17 bits per heavy atom. The number of nitrogens with one attached hydrogen (secondary N) is 1. The molecule has 3 fully saturated rings. The first-order valence-corrected chi connectivity index (χ1v) is 18.9. The number of allylic oxidation sites excluding steroid dienone is 2. The molecular weight excluding hydrogens is 793 g/mol. The van der Waals surface area contributed by atoms with Gasteiger partial charge in [0.2, 0.25) is 11.8 Å². The van der Waals surface area contributed by atoms with E-state index in [1.165, 1.54) is 45.6 Å². The molecule has 4 amide bonds. The summed E-state index contributed by atoms with van der Waals surface area (Å²) in [5, 5.41) is 33.3. The normalized spacial score (nSPS) is 24.8. The summed E-state index contributed by atoms with van der Waals surface area (Å²) in [7, 11) is 4.29. The van der Waals surface area contributed by atoms with E-state index in [0.717, 1.165) is 22.0 Å². The molecule has 2 heterocycles. The zero-order valence-corrected chi connectivity index (χ0v) is 32.6. The lowest BCUT2D eigenvalue weighted by Gasteiger charge is -2.50. The van der Waals surface area contributed by atoms with E-state index in [-0.39, 0.29) is 52.1 Å². The predicted octanol–water partition coefficient (Wildman–Crippen LogP) is 6.32. The number of benzene rings is 4. The summed E-state index contributed by atoms with van der Waals surface area (Å²) in [5.41, 5.74) is 1.96. The summed E-state index contributed by atoms with van der Waals surface area (Å²) in [4.78, 5) is 72.0. The van der Waals surface area contributed by atoms with Gasteiger partial charge < -0.3 is 29.5 Å². The average molecular weight is 829 g/mol. The number of hydrazine groups is 1. The Kier molecular flexibility index (Phi) is 9.52. The maximum atomic E-state index is 15.6. The quantitative estimate of drug-likeness (QED) is 0.109. The highest BCUT2D eigenvalue weighted by Gasteiger charge is 2.71. The highest BCUT2D eigenvalue weighted by atomic mass is 35.5. The smallest absolute Gasteiger partial charge is 0.339 e. The van der Waals surface area contributed by atoms with Gasteiger partial charge >= 0.3 is 5.97 Å². The number of aromatic carboxylic acids is 1. The molecule has 298 valence electrons. The number of carboxylic acids is 1. The van der Waals surface area contributed by atoms with Crippen molar-refractivity contribution in [1.29, 1.82) is 0 Å². The molecule has 6 atom stereocenters. The molecule has 0 spiro atoms. The van der Waals surface area contributed by atoms with E-state index in [1.807, 2.05) is 0 Å². The minimum atomic E-state index is -1.80. The molecule has 0 unspecified atom stereocenters. The van der Waals surface area contributed by atoms with Gasteiger partial charge in [-0.05, 0) is 66.8 Å². The number of methoxy groups -OCH3 is 3. The maximum absolute atomic E-state index is 15.6. The number of ether oxygens (including phenoxy) is 3. The molecule has 4 aromatic carbocycles. The van der Waals surface area contributed by atoms with Crippen molar-refractivity contribution in [3.8, 4) is 28.7 Å². The van der Waals surface area contributed by atoms with Gasteiger partial charge in [0.1, 0.15) is 34.3 Å². The predicted molar refractivity (Wildman–Crippen MR) is 209 cm³/mol. The number of fused-ring (bicyclic) bond motifs is 4. The second-order valence-electron chi connectivity index (χ2n) is 14.5. The fourth-order valence-electron chi connectivity index (χ4n) is 9.42. The monoisotopic (exact) mass is 827 g/mol. The summed E-state index contributed by atoms with van der Waals surface area (Å²) >= 11 is 12.7. The molecule has 0 aromatic heterocycles. The number of carbonyl (C=O) groups excluding carboxylic acids is 4. The second-order valence-corrected chi connectivity index (χ2v) is 15.3. The average Bonchev–Trinajstić information content (AvgIpc) is 3.59. The standard InChI is InChI=1S/C42H35Cl2N3O11/c1-56-22-8-4-19(5-9-22)42-28(38(51)47(41(42)55)45-30-13-6-20(43)14-29(30)44)18-27-24(36(42)35-32(49)16-23(57-2)17-33(35)58-3)11-12-26-34(27)39(52)46(37(26)50)21-7-10-25(40(53)54)31(48)15-21/h4-11,13-17,26-28,34,36,45,48-49H,12,18H2,1-3H3,(H,53,54)/t26-,27+,28-,34-,36+,42+/m0/s1. The molecule has 2 aliphatic heterocycles. The van der Waals surface area contributed by atoms with Crippen LogP contribution in [0.1, 0.15) is 40.2 Å². The van der Waals surface area contributed by atoms with Crippen molar-refractivity contribution in [1.82, 2.24) is 5.01 Å². The van der Waals surface area contributed by atoms with E-state index in [9.17, 15) is 29.7 Å². The van der Waals surface area contributed by atoms with Crippen LogP contribution in [0, 0.1) is 23.7 Å². The highest BCUT2D eigenvalue weighted by molar-refractivity contribution is 6.36. The highest BCUT2D eigenvalue weighted by Crippen LogP contribution is 2.66. The van der Waals surface area contributed by atoms with Gasteiger partial charge in [-0.25, -0.2) is 9.69 Å². The Morgan fingerprint density at radius 1 is 0.810 bits per heavy atom. The van der Waals surface area contributed by atoms with Crippen molar-refractivity contribution in [3.63, 3.8) is 0 Å². The lowest BCUT2D eigenvalue weighted by molar-refractivity contribution is -0.138. The lowest BCUT2D eigenvalue weighted by atomic mass is 9.49. The van der Waals surface area contributed by atoms with Gasteiger partial charge in [0, 0.05) is 34.7 Å². The Hall–Kier alpha value is -6.25. The number of amides is 4. The number of hydrogen-bond acceptors (Lipinski definition) is 11. The van der Waals surface area contributed by atoms with E-state index in [4.69, 9.17) is 37.4 Å². The number of carboxylic acid groups (broad SMARTS) is 1. The number of carbonyl (C=O) groups is 5. The zero-order valence-electron chi connectivity index (χ0n) is 31.1. The molecule has 14 nitrogen and oxygen atoms in total. The topological polar surface area (TPSA) is 192 Å². The number of nitrogens with zero attached hydrogens (tertiary/aromatic N) is 2. The largest absolute Gasteiger partial charge is 0.507 e. The Balaban J connectivity index is 1.35. The van der Waals surface area contributed by atoms with E-state index in [0.29, 0.717) is 21.9 Å². The lowest BCUT2D eigenvalue weighted by Crippen LogP contribution is -2.53. The minimum absolute atomic E-state index is 0.0230. The third-order valence-electron chi connectivity index (χ3n) is 11.9. The van der Waals surface area contributed by atoms with E-state index >= 15 is 9.59 Å². The van der Waals surface area contributed by atoms with Gasteiger partial charge in [-0.2, -0.15) is 5.01 Å². The van der Waals surface area contributed by atoms with E-state index < -0.39 is 75.9 Å². The van der Waals surface area contributed by atoms with Gasteiger partial charge in [0.15, 0.2) is 0 Å². The van der Waals surface area contributed by atoms with E-state index in [1.54, 1.807) is 42.5 Å². The van der Waals surface area contributed by atoms with Crippen LogP contribution in [0.2, 0.25) is 10.0 Å². The second kappa shape index (κ2) is 14.3. The molecule has 16 heteroatoms. The van der Waals surface area contributed by atoms with Crippen molar-refractivity contribution in [2.75, 3.05) is 31.7 Å². The number of hydrogen-bond donors (Lipinski definition) is 4. The van der Waals surface area contributed by atoms with Crippen molar-refractivity contribution < 1.29 is 53.5 Å². The van der Waals surface area contributed by atoms with Gasteiger partial charge in [-0.1, -0.05) is 47.0 Å². The fourth-order valence-corrected chi connectivity index (χ4v) is 9.87. The van der Waals surface area contributed by atoms with Crippen LogP contribution in [0.5, 0.6) is 28.7 Å². The summed E-state index contributed by atoms with van der Waals surface area (Å²) in [6.07, 6.45) is 1.76. The third kappa shape index (κ3) is 5.64. The summed E-state index contributed by atoms with van der Waals surface area (Å²) in [6.45, 7) is 0. The molecule has 4 aromatic rings. The van der Waals surface area contributed by atoms with Crippen LogP contribution in [-0.4, -0.2) is 71.3 Å². The molecule has 4 aliphatic rings. The first-order chi connectivity index (χ1) is 27.8. The van der Waals surface area contributed by atoms with Crippen molar-refractivity contribution in [3.05, 3.63) is 111 Å². The van der Waals surface area contributed by atoms with Crippen LogP contribution in [0.15, 0.2) is 84.4 Å². The molecule has 8 rings (SSSR count). The number of phenolic OH excluding ortho intramolecular Hbond substituents is 1. The van der Waals surface area contributed by atoms with Crippen LogP contribution >= 0.6 is 23.2 Å². The molecule has 1 saturated carbocycles. The van der Waals surface area contributed by atoms with Gasteiger partial charge in [-0.3, -0.25) is 24.6 Å². The molecular formula is C42H35Cl2N3O11. The van der Waals surface area contributed by atoms with Crippen LogP contribution in [0.3, 0.4) is 0 Å². The van der Waals surface area contributed by atoms with Gasteiger partial charge in [0.05, 0.1) is 60.9 Å². The maximum Gasteiger partial charge on any atom is 0.339 e. The first-order valence-electron chi connectivity index (χ1n) is 18.1. The third-order valence-corrected chi connectivity index (χ3v) is 12.4. The molecule has 58 heavy (non-hydrogen) atoms. The SMILES string of the molecule is COc1ccc([C@@]23C(=O)N(Nc4ccc(Cl)cc4Cl)C(=O)[C@@H]2C[C@@H]2C(=CC[C@@H]4C(=O)N(c5ccc(C(=O)O)c(O)c5)C(=O)[C@@H]42)[C@@H]3c2c(O)cc(OC)cc2OC)cc1. The van der Waals surface area contributed by atoms with Crippen LogP contribution in [0.25, 0.3) is 0 Å². The van der Waals surface area contributed by atoms with Crippen LogP contribution < -0.4 is 24.5 Å². The summed E-state index contributed by atoms with van der Waals surface area (Å²) in [5.74, 6) is -9.21. The van der Waals surface area contributed by atoms with Crippen molar-refractivity contribution in [2.45, 2.75) is 24.2 Å². The van der Waals surface area contributed by atoms with Crippen molar-refractivity contribution in [2.24, 2.45) is 23.7 Å². The number of rotatable bonds is 9. The number of imide groups is 2. The van der Waals surface area contributed by atoms with Crippen LogP contribution in [-0.2, 0) is 24.6 Å². The Morgan fingerprint density at radius 2 is 1.53 bits per heavy atom. The molecule has 2 saturated heterocycles. The number of aromatic hydroxyl groups is 2. The minimum Gasteiger partial charge on any atom is -0.507 e. The van der Waals surface area contributed by atoms with Crippen LogP contribution in [0.4, 0.5) is 11.4 Å². The van der Waals surface area contributed by atoms with Crippen molar-refractivity contribution >= 4 is 64.2 Å². The summed E-state index contributed by atoms with van der Waals surface area (Å²) < 4.78 is 16.8. The summed E-state index contributed by atoms with van der Waals surface area (Å²) in [6, 6.07) is 17.5. The fraction of sp³-hybridized carbons (Fsp3) is 0.262. The Labute approximate surface area is 341 Å². The Bertz CT molecular complexity index is 2470.